The lowest BCUT2D eigenvalue weighted by Crippen LogP contribution is -2.31. The van der Waals surface area contributed by atoms with E-state index in [0.29, 0.717) is 16.4 Å². The molecule has 0 saturated heterocycles. The van der Waals surface area contributed by atoms with Gasteiger partial charge in [0.25, 0.3) is 5.91 Å². The molecule has 0 saturated carbocycles. The van der Waals surface area contributed by atoms with Crippen LogP contribution < -0.4 is 10.1 Å². The molecule has 0 radical (unpaired) electrons. The van der Waals surface area contributed by atoms with Gasteiger partial charge in [0.1, 0.15) is 10.6 Å². The molecule has 1 aromatic heterocycles. The van der Waals surface area contributed by atoms with Crippen LogP contribution >= 0.6 is 11.3 Å². The minimum absolute atomic E-state index is 0.207. The van der Waals surface area contributed by atoms with Crippen LogP contribution in [0.25, 0.3) is 0 Å². The first-order valence-corrected chi connectivity index (χ1v) is 9.00. The molecule has 2 atom stereocenters. The van der Waals surface area contributed by atoms with Gasteiger partial charge in [-0.25, -0.2) is 0 Å². The standard InChI is InChI=1S/C15H17NO3S2/c1-19-13-8-9-20-14(13)15(17)16-12(10-21(2)18)11-6-4-3-5-7-11/h3-9,12H,10H2,1-2H3,(H,16,17)/t12-,21-/m0/s1. The van der Waals surface area contributed by atoms with Crippen LogP contribution in [0.4, 0.5) is 0 Å². The molecule has 0 aliphatic rings. The molecule has 6 heteroatoms. The van der Waals surface area contributed by atoms with Gasteiger partial charge in [0.2, 0.25) is 0 Å². The first-order valence-electron chi connectivity index (χ1n) is 6.39. The Hall–Kier alpha value is -1.66. The summed E-state index contributed by atoms with van der Waals surface area (Å²) in [5.41, 5.74) is 0.941. The van der Waals surface area contributed by atoms with Gasteiger partial charge < -0.3 is 10.1 Å². The molecule has 1 N–H and O–H groups in total. The highest BCUT2D eigenvalue weighted by molar-refractivity contribution is 7.84. The number of ether oxygens (including phenoxy) is 1. The second-order valence-corrected chi connectivity index (χ2v) is 6.89. The predicted octanol–water partition coefficient (Wildman–Crippen LogP) is 2.61. The average Bonchev–Trinajstić information content (AvgIpc) is 2.95. The maximum absolute atomic E-state index is 12.4. The van der Waals surface area contributed by atoms with Gasteiger partial charge in [-0.3, -0.25) is 9.00 Å². The van der Waals surface area contributed by atoms with Crippen molar-refractivity contribution in [3.8, 4) is 5.75 Å². The van der Waals surface area contributed by atoms with Crippen molar-refractivity contribution in [1.29, 1.82) is 0 Å². The molecular formula is C15H17NO3S2. The average molecular weight is 323 g/mol. The van der Waals surface area contributed by atoms with Crippen molar-refractivity contribution in [1.82, 2.24) is 5.32 Å². The lowest BCUT2D eigenvalue weighted by molar-refractivity contribution is 0.0942. The zero-order chi connectivity index (χ0) is 15.2. The SMILES string of the molecule is COc1ccsc1C(=O)N[C@@H](C[S@](C)=O)c1ccccc1. The molecule has 112 valence electrons. The zero-order valence-corrected chi connectivity index (χ0v) is 13.5. The Morgan fingerprint density at radius 3 is 2.67 bits per heavy atom. The van der Waals surface area contributed by atoms with E-state index in [-0.39, 0.29) is 11.9 Å². The quantitative estimate of drug-likeness (QED) is 0.889. The maximum atomic E-state index is 12.4. The van der Waals surface area contributed by atoms with Gasteiger partial charge in [0.15, 0.2) is 0 Å². The largest absolute Gasteiger partial charge is 0.495 e. The number of nitrogens with one attached hydrogen (secondary N) is 1. The lowest BCUT2D eigenvalue weighted by atomic mass is 10.1. The van der Waals surface area contributed by atoms with Gasteiger partial charge in [-0.05, 0) is 17.0 Å². The van der Waals surface area contributed by atoms with E-state index in [2.05, 4.69) is 5.32 Å². The summed E-state index contributed by atoms with van der Waals surface area (Å²) >= 11 is 1.33. The number of hydrogen-bond donors (Lipinski definition) is 1. The van der Waals surface area contributed by atoms with Crippen LogP contribution in [0, 0.1) is 0 Å². The molecule has 0 fully saturated rings. The molecule has 1 amide bonds. The summed E-state index contributed by atoms with van der Waals surface area (Å²) in [6.45, 7) is 0. The van der Waals surface area contributed by atoms with Gasteiger partial charge >= 0.3 is 0 Å². The number of carbonyl (C=O) groups excluding carboxylic acids is 1. The zero-order valence-electron chi connectivity index (χ0n) is 11.9. The van der Waals surface area contributed by atoms with Crippen LogP contribution in [0.2, 0.25) is 0 Å². The van der Waals surface area contributed by atoms with E-state index >= 15 is 0 Å². The molecule has 0 aliphatic carbocycles. The number of thiophene rings is 1. The van der Waals surface area contributed by atoms with Crippen molar-refractivity contribution >= 4 is 28.0 Å². The van der Waals surface area contributed by atoms with Crippen molar-refractivity contribution < 1.29 is 13.7 Å². The molecule has 4 nitrogen and oxygen atoms in total. The lowest BCUT2D eigenvalue weighted by Gasteiger charge is -2.18. The molecule has 2 rings (SSSR count). The normalized spacial score (nSPS) is 13.4. The predicted molar refractivity (Wildman–Crippen MR) is 86.5 cm³/mol. The van der Waals surface area contributed by atoms with Crippen molar-refractivity contribution in [2.45, 2.75) is 6.04 Å². The fourth-order valence-corrected chi connectivity index (χ4v) is 3.50. The number of benzene rings is 1. The maximum Gasteiger partial charge on any atom is 0.265 e. The molecule has 0 bridgehead atoms. The fraction of sp³-hybridized carbons (Fsp3) is 0.267. The van der Waals surface area contributed by atoms with Crippen molar-refractivity contribution in [3.05, 3.63) is 52.2 Å². The second-order valence-electron chi connectivity index (χ2n) is 4.49. The van der Waals surface area contributed by atoms with Gasteiger partial charge in [-0.2, -0.15) is 0 Å². The van der Waals surface area contributed by atoms with E-state index in [0.717, 1.165) is 5.56 Å². The van der Waals surface area contributed by atoms with Crippen LogP contribution in [0.1, 0.15) is 21.3 Å². The molecule has 1 aromatic carbocycles. The Balaban J connectivity index is 2.19. The number of carbonyl (C=O) groups is 1. The smallest absolute Gasteiger partial charge is 0.265 e. The minimum Gasteiger partial charge on any atom is -0.495 e. The van der Waals surface area contributed by atoms with Gasteiger partial charge in [0.05, 0.1) is 13.2 Å². The van der Waals surface area contributed by atoms with Crippen molar-refractivity contribution in [3.63, 3.8) is 0 Å². The van der Waals surface area contributed by atoms with Crippen LogP contribution in [-0.4, -0.2) is 29.2 Å². The fourth-order valence-electron chi connectivity index (χ4n) is 1.99. The minimum atomic E-state index is -1.01. The summed E-state index contributed by atoms with van der Waals surface area (Å²) in [4.78, 5) is 12.9. The van der Waals surface area contributed by atoms with Gasteiger partial charge in [-0.15, -0.1) is 11.3 Å². The number of methoxy groups -OCH3 is 1. The third-order valence-electron chi connectivity index (χ3n) is 2.96. The first kappa shape index (κ1) is 15.7. The topological polar surface area (TPSA) is 55.4 Å². The van der Waals surface area contributed by atoms with Crippen LogP contribution in [0.3, 0.4) is 0 Å². The van der Waals surface area contributed by atoms with E-state index in [4.69, 9.17) is 4.74 Å². The van der Waals surface area contributed by atoms with E-state index in [1.807, 2.05) is 35.7 Å². The number of amides is 1. The van der Waals surface area contributed by atoms with Gasteiger partial charge in [-0.1, -0.05) is 30.3 Å². The molecule has 1 heterocycles. The number of hydrogen-bond acceptors (Lipinski definition) is 4. The second kappa shape index (κ2) is 7.38. The van der Waals surface area contributed by atoms with Crippen LogP contribution in [-0.2, 0) is 10.8 Å². The molecule has 0 aliphatic heterocycles. The molecule has 0 unspecified atom stereocenters. The summed E-state index contributed by atoms with van der Waals surface area (Å²) in [7, 11) is 0.527. The Kier molecular flexibility index (Phi) is 5.52. The highest BCUT2D eigenvalue weighted by Crippen LogP contribution is 2.25. The monoisotopic (exact) mass is 323 g/mol. The summed E-state index contributed by atoms with van der Waals surface area (Å²) in [5.74, 6) is 0.728. The Bertz CT molecular complexity index is 625. The van der Waals surface area contributed by atoms with Crippen LogP contribution in [0.15, 0.2) is 41.8 Å². The Morgan fingerprint density at radius 2 is 2.05 bits per heavy atom. The van der Waals surface area contributed by atoms with Crippen molar-refractivity contribution in [2.24, 2.45) is 0 Å². The van der Waals surface area contributed by atoms with E-state index in [1.54, 1.807) is 12.3 Å². The molecule has 0 spiro atoms. The molecule has 2 aromatic rings. The number of rotatable bonds is 6. The van der Waals surface area contributed by atoms with E-state index in [9.17, 15) is 9.00 Å². The summed E-state index contributed by atoms with van der Waals surface area (Å²) < 4.78 is 16.7. The van der Waals surface area contributed by atoms with E-state index < -0.39 is 10.8 Å². The first-order chi connectivity index (χ1) is 10.1. The third kappa shape index (κ3) is 4.15. The summed E-state index contributed by atoms with van der Waals surface area (Å²) in [6, 6.07) is 11.0. The third-order valence-corrected chi connectivity index (χ3v) is 4.66. The highest BCUT2D eigenvalue weighted by atomic mass is 32.2. The Morgan fingerprint density at radius 1 is 1.33 bits per heavy atom. The van der Waals surface area contributed by atoms with Crippen molar-refractivity contribution in [2.75, 3.05) is 19.1 Å². The Labute approximate surface area is 130 Å². The molecule has 21 heavy (non-hydrogen) atoms. The summed E-state index contributed by atoms with van der Waals surface area (Å²) in [6.07, 6.45) is 1.63. The van der Waals surface area contributed by atoms with Crippen LogP contribution in [0.5, 0.6) is 5.75 Å². The highest BCUT2D eigenvalue weighted by Gasteiger charge is 2.20. The molecular weight excluding hydrogens is 306 g/mol. The summed E-state index contributed by atoms with van der Waals surface area (Å²) in [5, 5.41) is 4.75. The van der Waals surface area contributed by atoms with Gasteiger partial charge in [0, 0.05) is 22.8 Å². The van der Waals surface area contributed by atoms with E-state index in [1.165, 1.54) is 18.4 Å².